The van der Waals surface area contributed by atoms with Gasteiger partial charge in [0.05, 0.1) is 6.20 Å². The van der Waals surface area contributed by atoms with E-state index in [1.807, 2.05) is 0 Å². The van der Waals surface area contributed by atoms with Gasteiger partial charge >= 0.3 is 0 Å². The Morgan fingerprint density at radius 1 is 1.35 bits per heavy atom. The van der Waals surface area contributed by atoms with Gasteiger partial charge in [-0.1, -0.05) is 15.9 Å². The minimum atomic E-state index is -3.36. The normalized spacial score (nSPS) is 34.1. The quantitative estimate of drug-likeness (QED) is 0.840. The highest BCUT2D eigenvalue weighted by atomic mass is 79.9. The number of aromatic amines is 1. The number of nitrogens with one attached hydrogen (secondary N) is 1. The summed E-state index contributed by atoms with van der Waals surface area (Å²) in [5.74, 6) is 0. The molecule has 5 nitrogen and oxygen atoms in total. The van der Waals surface area contributed by atoms with Crippen molar-refractivity contribution in [3.05, 3.63) is 12.4 Å². The molecule has 1 aromatic rings. The number of sulfonamides is 1. The van der Waals surface area contributed by atoms with Crippen LogP contribution < -0.4 is 0 Å². The fourth-order valence-corrected chi connectivity index (χ4v) is 5.62. The number of aromatic nitrogens is 2. The van der Waals surface area contributed by atoms with Gasteiger partial charge in [0.25, 0.3) is 0 Å². The molecule has 2 aliphatic rings. The van der Waals surface area contributed by atoms with Crippen LogP contribution in [0.4, 0.5) is 0 Å². The van der Waals surface area contributed by atoms with E-state index in [1.165, 1.54) is 12.4 Å². The molecule has 1 aromatic heterocycles. The topological polar surface area (TPSA) is 66.1 Å². The molecule has 2 unspecified atom stereocenters. The van der Waals surface area contributed by atoms with E-state index in [0.29, 0.717) is 4.83 Å². The van der Waals surface area contributed by atoms with Gasteiger partial charge in [0.1, 0.15) is 4.90 Å². The van der Waals surface area contributed by atoms with E-state index in [9.17, 15) is 8.42 Å². The fourth-order valence-electron chi connectivity index (χ4n) is 2.96. The molecule has 2 saturated heterocycles. The molecule has 0 spiro atoms. The van der Waals surface area contributed by atoms with Crippen molar-refractivity contribution in [2.45, 2.75) is 47.5 Å². The number of H-pyrrole nitrogens is 1. The van der Waals surface area contributed by atoms with E-state index < -0.39 is 10.0 Å². The third-order valence-corrected chi connectivity index (χ3v) is 6.38. The molecule has 7 heteroatoms. The first-order chi connectivity index (χ1) is 8.09. The molecule has 2 bridgehead atoms. The Morgan fingerprint density at radius 2 is 2.00 bits per heavy atom. The molecule has 17 heavy (non-hydrogen) atoms. The van der Waals surface area contributed by atoms with Gasteiger partial charge in [0.2, 0.25) is 10.0 Å². The van der Waals surface area contributed by atoms with Crippen LogP contribution in [0.5, 0.6) is 0 Å². The smallest absolute Gasteiger partial charge is 0.246 e. The molecule has 0 amide bonds. The number of nitrogens with zero attached hydrogens (tertiary/aromatic N) is 2. The Labute approximate surface area is 109 Å². The van der Waals surface area contributed by atoms with Crippen molar-refractivity contribution >= 4 is 26.0 Å². The zero-order valence-electron chi connectivity index (χ0n) is 9.21. The van der Waals surface area contributed by atoms with Crippen molar-refractivity contribution in [2.24, 2.45) is 0 Å². The third kappa shape index (κ3) is 1.84. The predicted molar refractivity (Wildman–Crippen MR) is 66.4 cm³/mol. The number of fused-ring (bicyclic) bond motifs is 2. The first-order valence-electron chi connectivity index (χ1n) is 5.75. The second kappa shape index (κ2) is 4.07. The van der Waals surface area contributed by atoms with Crippen LogP contribution in [0.1, 0.15) is 25.7 Å². The van der Waals surface area contributed by atoms with Crippen LogP contribution in [0.3, 0.4) is 0 Å². The van der Waals surface area contributed by atoms with Crippen molar-refractivity contribution in [1.82, 2.24) is 14.5 Å². The summed E-state index contributed by atoms with van der Waals surface area (Å²) in [7, 11) is -3.36. The Bertz CT molecular complexity index is 488. The molecule has 0 aromatic carbocycles. The summed E-state index contributed by atoms with van der Waals surface area (Å²) < 4.78 is 26.6. The highest BCUT2D eigenvalue weighted by Crippen LogP contribution is 2.41. The van der Waals surface area contributed by atoms with Gasteiger partial charge in [-0.25, -0.2) is 8.42 Å². The van der Waals surface area contributed by atoms with E-state index in [4.69, 9.17) is 0 Å². The average molecular weight is 320 g/mol. The standard InChI is InChI=1S/C10H14BrN3O2S/c11-7-3-8-1-2-9(4-7)14(8)17(15,16)10-5-12-13-6-10/h5-9H,1-4H2,(H,12,13). The van der Waals surface area contributed by atoms with Crippen LogP contribution in [0.15, 0.2) is 17.3 Å². The molecule has 0 radical (unpaired) electrons. The number of hydrogen-bond donors (Lipinski definition) is 1. The van der Waals surface area contributed by atoms with Gasteiger partial charge in [-0.15, -0.1) is 0 Å². The zero-order valence-corrected chi connectivity index (χ0v) is 11.6. The van der Waals surface area contributed by atoms with Gasteiger partial charge in [0, 0.05) is 23.1 Å². The van der Waals surface area contributed by atoms with Gasteiger partial charge in [-0.3, -0.25) is 5.10 Å². The SMILES string of the molecule is O=S(=O)(c1cn[nH]c1)N1C2CCC1CC(Br)C2. The number of halogens is 1. The maximum atomic E-state index is 12.5. The van der Waals surface area contributed by atoms with E-state index in [1.54, 1.807) is 4.31 Å². The molecule has 3 rings (SSSR count). The minimum Gasteiger partial charge on any atom is -0.284 e. The molecule has 94 valence electrons. The summed E-state index contributed by atoms with van der Waals surface area (Å²) in [6.07, 6.45) is 6.61. The van der Waals surface area contributed by atoms with Gasteiger partial charge in [-0.05, 0) is 25.7 Å². The van der Waals surface area contributed by atoms with E-state index >= 15 is 0 Å². The van der Waals surface area contributed by atoms with E-state index in [0.717, 1.165) is 25.7 Å². The largest absolute Gasteiger partial charge is 0.284 e. The molecule has 2 fully saturated rings. The summed E-state index contributed by atoms with van der Waals surface area (Å²) in [6, 6.07) is 0.302. The Kier molecular flexibility index (Phi) is 2.79. The molecule has 0 saturated carbocycles. The molecular weight excluding hydrogens is 306 g/mol. The van der Waals surface area contributed by atoms with Crippen LogP contribution in [-0.2, 0) is 10.0 Å². The lowest BCUT2D eigenvalue weighted by Crippen LogP contribution is -2.46. The van der Waals surface area contributed by atoms with Gasteiger partial charge in [0.15, 0.2) is 0 Å². The molecular formula is C10H14BrN3O2S. The lowest BCUT2D eigenvalue weighted by Gasteiger charge is -2.35. The van der Waals surface area contributed by atoms with Crippen LogP contribution in [0, 0.1) is 0 Å². The second-order valence-corrected chi connectivity index (χ2v) is 7.86. The number of piperidine rings is 1. The van der Waals surface area contributed by atoms with Gasteiger partial charge < -0.3 is 0 Å². The highest BCUT2D eigenvalue weighted by Gasteiger charge is 2.46. The monoisotopic (exact) mass is 319 g/mol. The van der Waals surface area contributed by atoms with Crippen LogP contribution in [0.25, 0.3) is 0 Å². The van der Waals surface area contributed by atoms with E-state index in [2.05, 4.69) is 26.1 Å². The molecule has 2 aliphatic heterocycles. The minimum absolute atomic E-state index is 0.151. The van der Waals surface area contributed by atoms with Crippen LogP contribution in [-0.4, -0.2) is 39.8 Å². The van der Waals surface area contributed by atoms with Crippen molar-refractivity contribution in [3.63, 3.8) is 0 Å². The number of alkyl halides is 1. The molecule has 1 N–H and O–H groups in total. The Hall–Kier alpha value is -0.400. The zero-order chi connectivity index (χ0) is 12.0. The first kappa shape index (κ1) is 11.7. The summed E-state index contributed by atoms with van der Waals surface area (Å²) in [5.41, 5.74) is 0. The maximum Gasteiger partial charge on any atom is 0.246 e. The van der Waals surface area contributed by atoms with Crippen LogP contribution >= 0.6 is 15.9 Å². The highest BCUT2D eigenvalue weighted by molar-refractivity contribution is 9.09. The Balaban J connectivity index is 1.96. The lowest BCUT2D eigenvalue weighted by atomic mass is 10.1. The first-order valence-corrected chi connectivity index (χ1v) is 8.11. The molecule has 2 atom stereocenters. The number of hydrogen-bond acceptors (Lipinski definition) is 3. The van der Waals surface area contributed by atoms with Gasteiger partial charge in [-0.2, -0.15) is 9.40 Å². The van der Waals surface area contributed by atoms with Crippen LogP contribution in [0.2, 0.25) is 0 Å². The fraction of sp³-hybridized carbons (Fsp3) is 0.700. The van der Waals surface area contributed by atoms with Crippen molar-refractivity contribution < 1.29 is 8.42 Å². The molecule has 3 heterocycles. The predicted octanol–water partition coefficient (Wildman–Crippen LogP) is 1.49. The average Bonchev–Trinajstić information content (AvgIpc) is 2.86. The lowest BCUT2D eigenvalue weighted by molar-refractivity contribution is 0.255. The summed E-state index contributed by atoms with van der Waals surface area (Å²) in [6.45, 7) is 0. The molecule has 0 aliphatic carbocycles. The van der Waals surface area contributed by atoms with Crippen molar-refractivity contribution in [3.8, 4) is 0 Å². The second-order valence-electron chi connectivity index (χ2n) is 4.72. The number of rotatable bonds is 2. The third-order valence-electron chi connectivity index (χ3n) is 3.66. The maximum absolute atomic E-state index is 12.5. The van der Waals surface area contributed by atoms with Crippen molar-refractivity contribution in [2.75, 3.05) is 0 Å². The summed E-state index contributed by atoms with van der Waals surface area (Å²) >= 11 is 3.61. The summed E-state index contributed by atoms with van der Waals surface area (Å²) in [4.78, 5) is 0.734. The van der Waals surface area contributed by atoms with Crippen molar-refractivity contribution in [1.29, 1.82) is 0 Å². The van der Waals surface area contributed by atoms with E-state index in [-0.39, 0.29) is 17.0 Å². The Morgan fingerprint density at radius 3 is 2.53 bits per heavy atom. The summed E-state index contributed by atoms with van der Waals surface area (Å²) in [5, 5.41) is 6.30.